The summed E-state index contributed by atoms with van der Waals surface area (Å²) in [7, 11) is 2.20. The minimum Gasteiger partial charge on any atom is -0.377 e. The van der Waals surface area contributed by atoms with Crippen LogP contribution in [0.5, 0.6) is 0 Å². The van der Waals surface area contributed by atoms with Gasteiger partial charge in [-0.05, 0) is 18.4 Å². The molecular formula is C11H15N. The van der Waals surface area contributed by atoms with Crippen molar-refractivity contribution in [2.24, 2.45) is 0 Å². The summed E-state index contributed by atoms with van der Waals surface area (Å²) in [5.74, 6) is 0. The van der Waals surface area contributed by atoms with Crippen molar-refractivity contribution in [1.82, 2.24) is 4.90 Å². The molecule has 12 heavy (non-hydrogen) atoms. The highest BCUT2D eigenvalue weighted by molar-refractivity contribution is 5.33. The van der Waals surface area contributed by atoms with Gasteiger partial charge in [0.2, 0.25) is 0 Å². The maximum atomic E-state index is 2.39. The Hall–Kier alpha value is -0.980. The molecular weight excluding hydrogens is 146 g/mol. The van der Waals surface area contributed by atoms with Crippen LogP contribution in [-0.2, 0) is 0 Å². The second-order valence-corrected chi connectivity index (χ2v) is 3.49. The Kier molecular flexibility index (Phi) is 2.03. The van der Waals surface area contributed by atoms with Gasteiger partial charge in [-0.3, -0.25) is 0 Å². The van der Waals surface area contributed by atoms with Crippen molar-refractivity contribution in [2.45, 2.75) is 19.3 Å². The molecule has 0 aromatic heterocycles. The topological polar surface area (TPSA) is 3.24 Å². The van der Waals surface area contributed by atoms with E-state index in [1.165, 1.54) is 30.7 Å². The Balaban J connectivity index is 2.32. The molecule has 0 saturated carbocycles. The van der Waals surface area contributed by atoms with E-state index >= 15 is 0 Å². The van der Waals surface area contributed by atoms with Crippen molar-refractivity contribution < 1.29 is 0 Å². The van der Waals surface area contributed by atoms with E-state index < -0.39 is 0 Å². The zero-order valence-corrected chi connectivity index (χ0v) is 7.59. The molecule has 0 amide bonds. The number of allylic oxidation sites excluding steroid dienone is 5. The fraction of sp³-hybridized carbons (Fsp3) is 0.455. The summed E-state index contributed by atoms with van der Waals surface area (Å²) < 4.78 is 0. The van der Waals surface area contributed by atoms with Crippen LogP contribution in [0.1, 0.15) is 19.3 Å². The van der Waals surface area contributed by atoms with E-state index in [1.807, 2.05) is 0 Å². The highest BCUT2D eigenvalue weighted by Gasteiger charge is 2.14. The van der Waals surface area contributed by atoms with Crippen molar-refractivity contribution in [3.63, 3.8) is 0 Å². The second kappa shape index (κ2) is 3.18. The average molecular weight is 161 g/mol. The largest absolute Gasteiger partial charge is 0.377 e. The Labute approximate surface area is 74.1 Å². The Morgan fingerprint density at radius 3 is 3.17 bits per heavy atom. The summed E-state index contributed by atoms with van der Waals surface area (Å²) in [6.45, 7) is 1.22. The van der Waals surface area contributed by atoms with Crippen LogP contribution < -0.4 is 0 Å². The summed E-state index contributed by atoms with van der Waals surface area (Å²) in [5.41, 5.74) is 3.06. The van der Waals surface area contributed by atoms with Gasteiger partial charge in [0.15, 0.2) is 0 Å². The van der Waals surface area contributed by atoms with E-state index in [-0.39, 0.29) is 0 Å². The van der Waals surface area contributed by atoms with Gasteiger partial charge < -0.3 is 4.90 Å². The first-order valence-electron chi connectivity index (χ1n) is 4.64. The van der Waals surface area contributed by atoms with Crippen LogP contribution in [0, 0.1) is 0 Å². The van der Waals surface area contributed by atoms with Crippen LogP contribution in [-0.4, -0.2) is 18.5 Å². The lowest BCUT2D eigenvalue weighted by Gasteiger charge is -2.28. The van der Waals surface area contributed by atoms with E-state index in [0.29, 0.717) is 0 Å². The molecule has 0 bridgehead atoms. The highest BCUT2D eigenvalue weighted by Crippen LogP contribution is 2.25. The summed E-state index contributed by atoms with van der Waals surface area (Å²) in [6.07, 6.45) is 12.5. The van der Waals surface area contributed by atoms with Crippen LogP contribution in [0.4, 0.5) is 0 Å². The maximum absolute atomic E-state index is 2.39. The molecule has 1 aliphatic heterocycles. The Bertz CT molecular complexity index is 258. The van der Waals surface area contributed by atoms with Crippen LogP contribution in [0.25, 0.3) is 0 Å². The van der Waals surface area contributed by atoms with E-state index in [4.69, 9.17) is 0 Å². The second-order valence-electron chi connectivity index (χ2n) is 3.49. The zero-order chi connectivity index (χ0) is 8.39. The lowest BCUT2D eigenvalue weighted by molar-refractivity contribution is 0.375. The van der Waals surface area contributed by atoms with E-state index in [2.05, 4.69) is 36.3 Å². The molecule has 0 radical (unpaired) electrons. The lowest BCUT2D eigenvalue weighted by Crippen LogP contribution is -2.24. The molecule has 0 fully saturated rings. The number of hydrogen-bond acceptors (Lipinski definition) is 1. The predicted octanol–water partition coefficient (Wildman–Crippen LogP) is 2.48. The SMILES string of the molecule is CN1CCCC2=C1CC=CC=C2. The molecule has 2 rings (SSSR count). The van der Waals surface area contributed by atoms with Gasteiger partial charge in [0, 0.05) is 25.7 Å². The van der Waals surface area contributed by atoms with Gasteiger partial charge in [-0.1, -0.05) is 24.3 Å². The summed E-state index contributed by atoms with van der Waals surface area (Å²) in [6, 6.07) is 0. The summed E-state index contributed by atoms with van der Waals surface area (Å²) >= 11 is 0. The number of rotatable bonds is 0. The molecule has 1 heteroatoms. The van der Waals surface area contributed by atoms with Gasteiger partial charge >= 0.3 is 0 Å². The molecule has 0 saturated heterocycles. The van der Waals surface area contributed by atoms with E-state index in [0.717, 1.165) is 6.42 Å². The van der Waals surface area contributed by atoms with Gasteiger partial charge in [-0.2, -0.15) is 0 Å². The standard InChI is InChI=1S/C11H15N/c1-12-9-5-7-10-6-3-2-4-8-11(10)12/h2-4,6H,5,7-9H2,1H3. The third-order valence-corrected chi connectivity index (χ3v) is 2.63. The minimum atomic E-state index is 1.11. The first-order valence-corrected chi connectivity index (χ1v) is 4.64. The zero-order valence-electron chi connectivity index (χ0n) is 7.59. The molecule has 0 atom stereocenters. The number of nitrogens with zero attached hydrogens (tertiary/aromatic N) is 1. The fourth-order valence-corrected chi connectivity index (χ4v) is 1.93. The third-order valence-electron chi connectivity index (χ3n) is 2.63. The quantitative estimate of drug-likeness (QED) is 0.527. The van der Waals surface area contributed by atoms with Crippen molar-refractivity contribution in [3.05, 3.63) is 35.6 Å². The molecule has 0 aromatic rings. The third kappa shape index (κ3) is 1.31. The normalized spacial score (nSPS) is 22.6. The van der Waals surface area contributed by atoms with Crippen molar-refractivity contribution in [2.75, 3.05) is 13.6 Å². The average Bonchev–Trinajstić information content (AvgIpc) is 2.30. The molecule has 1 nitrogen and oxygen atoms in total. The predicted molar refractivity (Wildman–Crippen MR) is 51.8 cm³/mol. The monoisotopic (exact) mass is 161 g/mol. The van der Waals surface area contributed by atoms with E-state index in [1.54, 1.807) is 0 Å². The van der Waals surface area contributed by atoms with Crippen molar-refractivity contribution in [1.29, 1.82) is 0 Å². The van der Waals surface area contributed by atoms with Gasteiger partial charge in [0.25, 0.3) is 0 Å². The van der Waals surface area contributed by atoms with Crippen molar-refractivity contribution in [3.8, 4) is 0 Å². The molecule has 2 aliphatic rings. The molecule has 64 valence electrons. The highest BCUT2D eigenvalue weighted by atomic mass is 15.1. The maximum Gasteiger partial charge on any atom is 0.0201 e. The fourth-order valence-electron chi connectivity index (χ4n) is 1.93. The van der Waals surface area contributed by atoms with Gasteiger partial charge in [0.1, 0.15) is 0 Å². The molecule has 0 unspecified atom stereocenters. The lowest BCUT2D eigenvalue weighted by atomic mass is 10.0. The molecule has 0 spiro atoms. The molecule has 1 heterocycles. The van der Waals surface area contributed by atoms with Crippen LogP contribution in [0.2, 0.25) is 0 Å². The van der Waals surface area contributed by atoms with Crippen molar-refractivity contribution >= 4 is 0 Å². The first kappa shape index (κ1) is 7.66. The minimum absolute atomic E-state index is 1.11. The first-order chi connectivity index (χ1) is 5.88. The van der Waals surface area contributed by atoms with Gasteiger partial charge in [0.05, 0.1) is 0 Å². The smallest absolute Gasteiger partial charge is 0.0201 e. The van der Waals surface area contributed by atoms with Gasteiger partial charge in [-0.25, -0.2) is 0 Å². The van der Waals surface area contributed by atoms with Crippen LogP contribution >= 0.6 is 0 Å². The summed E-state index contributed by atoms with van der Waals surface area (Å²) in [4.78, 5) is 2.39. The van der Waals surface area contributed by atoms with Crippen LogP contribution in [0.3, 0.4) is 0 Å². The van der Waals surface area contributed by atoms with Gasteiger partial charge in [-0.15, -0.1) is 0 Å². The Morgan fingerprint density at radius 2 is 2.25 bits per heavy atom. The Morgan fingerprint density at radius 1 is 1.33 bits per heavy atom. The number of hydrogen-bond donors (Lipinski definition) is 0. The molecule has 0 N–H and O–H groups in total. The summed E-state index contributed by atoms with van der Waals surface area (Å²) in [5, 5.41) is 0. The molecule has 1 aliphatic carbocycles. The van der Waals surface area contributed by atoms with E-state index in [9.17, 15) is 0 Å². The van der Waals surface area contributed by atoms with Crippen LogP contribution in [0.15, 0.2) is 35.6 Å². The molecule has 0 aromatic carbocycles.